The van der Waals surface area contributed by atoms with Crippen LogP contribution < -0.4 is 10.1 Å². The zero-order chi connectivity index (χ0) is 25.7. The van der Waals surface area contributed by atoms with Gasteiger partial charge in [-0.3, -0.25) is 4.79 Å². The maximum absolute atomic E-state index is 12.7. The molecule has 36 heavy (non-hydrogen) atoms. The van der Waals surface area contributed by atoms with Crippen molar-refractivity contribution < 1.29 is 19.1 Å². The number of amides is 1. The molecule has 0 aliphatic heterocycles. The standard InChI is InChI=1S/C30H33NO4S/c1-30(2,3)22-13-16-24-25(18-22)36-28(27(24)29(33)34-4)31-26(32)17-12-20-10-14-23(15-11-20)35-19-21-8-6-5-7-9-21/h5-12,14-15,17,22H,13,16,18-19H2,1-4H3,(H,31,32)/b17-12+. The van der Waals surface area contributed by atoms with E-state index in [-0.39, 0.29) is 11.3 Å². The van der Waals surface area contributed by atoms with Crippen LogP contribution in [0.5, 0.6) is 5.75 Å². The van der Waals surface area contributed by atoms with Gasteiger partial charge in [0.25, 0.3) is 0 Å². The lowest BCUT2D eigenvalue weighted by molar-refractivity contribution is -0.111. The highest BCUT2D eigenvalue weighted by atomic mass is 32.1. The minimum atomic E-state index is -0.396. The van der Waals surface area contributed by atoms with Gasteiger partial charge in [0.2, 0.25) is 5.91 Å². The highest BCUT2D eigenvalue weighted by Gasteiger charge is 2.34. The van der Waals surface area contributed by atoms with E-state index >= 15 is 0 Å². The Hall–Kier alpha value is -3.38. The number of anilines is 1. The molecule has 1 N–H and O–H groups in total. The van der Waals surface area contributed by atoms with E-state index in [0.29, 0.717) is 23.1 Å². The molecule has 1 unspecified atom stereocenters. The van der Waals surface area contributed by atoms with Gasteiger partial charge in [0.1, 0.15) is 17.4 Å². The summed E-state index contributed by atoms with van der Waals surface area (Å²) in [6, 6.07) is 17.6. The molecule has 0 bridgehead atoms. The number of methoxy groups -OCH3 is 1. The molecule has 5 nitrogen and oxygen atoms in total. The highest BCUT2D eigenvalue weighted by Crippen LogP contribution is 2.44. The van der Waals surface area contributed by atoms with E-state index in [1.165, 1.54) is 29.4 Å². The highest BCUT2D eigenvalue weighted by molar-refractivity contribution is 7.17. The normalized spacial score (nSPS) is 15.4. The summed E-state index contributed by atoms with van der Waals surface area (Å²) in [4.78, 5) is 26.5. The van der Waals surface area contributed by atoms with Gasteiger partial charge in [-0.15, -0.1) is 11.3 Å². The van der Waals surface area contributed by atoms with Gasteiger partial charge in [0, 0.05) is 11.0 Å². The predicted molar refractivity (Wildman–Crippen MR) is 146 cm³/mol. The van der Waals surface area contributed by atoms with Crippen molar-refractivity contribution in [2.45, 2.75) is 46.6 Å². The molecule has 0 spiro atoms. The number of carbonyl (C=O) groups is 2. The van der Waals surface area contributed by atoms with Crippen molar-refractivity contribution in [3.63, 3.8) is 0 Å². The average molecular weight is 504 g/mol. The van der Waals surface area contributed by atoms with Gasteiger partial charge in [0.15, 0.2) is 0 Å². The van der Waals surface area contributed by atoms with E-state index in [1.807, 2.05) is 54.6 Å². The third-order valence-corrected chi connectivity index (χ3v) is 7.84. The molecule has 0 radical (unpaired) electrons. The topological polar surface area (TPSA) is 64.6 Å². The summed E-state index contributed by atoms with van der Waals surface area (Å²) in [5.41, 5.74) is 3.71. The van der Waals surface area contributed by atoms with Crippen LogP contribution in [0.15, 0.2) is 60.7 Å². The summed E-state index contributed by atoms with van der Waals surface area (Å²) in [7, 11) is 1.38. The molecule has 1 amide bonds. The van der Waals surface area contributed by atoms with Crippen LogP contribution >= 0.6 is 11.3 Å². The first-order chi connectivity index (χ1) is 17.2. The molecule has 1 heterocycles. The maximum atomic E-state index is 12.7. The first-order valence-electron chi connectivity index (χ1n) is 12.2. The van der Waals surface area contributed by atoms with Crippen LogP contribution in [0.3, 0.4) is 0 Å². The van der Waals surface area contributed by atoms with Crippen molar-refractivity contribution >= 4 is 34.3 Å². The Bertz CT molecular complexity index is 1240. The van der Waals surface area contributed by atoms with Gasteiger partial charge in [-0.2, -0.15) is 0 Å². The van der Waals surface area contributed by atoms with Crippen LogP contribution in [0.2, 0.25) is 0 Å². The zero-order valence-electron chi connectivity index (χ0n) is 21.3. The lowest BCUT2D eigenvalue weighted by Crippen LogP contribution is -2.26. The Balaban J connectivity index is 1.42. The van der Waals surface area contributed by atoms with E-state index in [4.69, 9.17) is 9.47 Å². The summed E-state index contributed by atoms with van der Waals surface area (Å²) < 4.78 is 10.9. The van der Waals surface area contributed by atoms with Crippen molar-refractivity contribution in [2.75, 3.05) is 12.4 Å². The molecule has 4 rings (SSSR count). The van der Waals surface area contributed by atoms with Crippen molar-refractivity contribution in [1.29, 1.82) is 0 Å². The predicted octanol–water partition coefficient (Wildman–Crippen LogP) is 6.92. The van der Waals surface area contributed by atoms with Crippen molar-refractivity contribution in [1.82, 2.24) is 0 Å². The second kappa shape index (κ2) is 11.1. The number of esters is 1. The Morgan fingerprint density at radius 3 is 2.47 bits per heavy atom. The number of rotatable bonds is 7. The van der Waals surface area contributed by atoms with Gasteiger partial charge in [-0.25, -0.2) is 4.79 Å². The quantitative estimate of drug-likeness (QED) is 0.281. The number of carbonyl (C=O) groups excluding carboxylic acids is 2. The fourth-order valence-electron chi connectivity index (χ4n) is 4.47. The van der Waals surface area contributed by atoms with Crippen LogP contribution in [-0.2, 0) is 29.0 Å². The lowest BCUT2D eigenvalue weighted by Gasteiger charge is -2.33. The van der Waals surface area contributed by atoms with Crippen LogP contribution in [0.4, 0.5) is 5.00 Å². The Labute approximate surface area is 217 Å². The molecule has 3 aromatic rings. The molecule has 1 aliphatic rings. The summed E-state index contributed by atoms with van der Waals surface area (Å²) in [6.45, 7) is 7.27. The first-order valence-corrected chi connectivity index (χ1v) is 13.0. The molecule has 0 saturated carbocycles. The van der Waals surface area contributed by atoms with Gasteiger partial charge in [-0.05, 0) is 65.5 Å². The second-order valence-electron chi connectivity index (χ2n) is 10.2. The van der Waals surface area contributed by atoms with E-state index in [9.17, 15) is 9.59 Å². The van der Waals surface area contributed by atoms with E-state index in [2.05, 4.69) is 26.1 Å². The van der Waals surface area contributed by atoms with Crippen LogP contribution in [-0.4, -0.2) is 19.0 Å². The zero-order valence-corrected chi connectivity index (χ0v) is 22.1. The van der Waals surface area contributed by atoms with E-state index < -0.39 is 5.97 Å². The first kappa shape index (κ1) is 25.7. The Morgan fingerprint density at radius 2 is 1.81 bits per heavy atom. The van der Waals surface area contributed by atoms with E-state index in [0.717, 1.165) is 41.7 Å². The molecule has 1 atom stereocenters. The number of ether oxygens (including phenoxy) is 2. The summed E-state index contributed by atoms with van der Waals surface area (Å²) in [5.74, 6) is 0.626. The summed E-state index contributed by atoms with van der Waals surface area (Å²) in [6.07, 6.45) is 5.99. The molecule has 1 aliphatic carbocycles. The number of benzene rings is 2. The third-order valence-electron chi connectivity index (χ3n) is 6.67. The minimum Gasteiger partial charge on any atom is -0.489 e. The number of fused-ring (bicyclic) bond motifs is 1. The average Bonchev–Trinajstić information content (AvgIpc) is 3.23. The number of hydrogen-bond acceptors (Lipinski definition) is 5. The van der Waals surface area contributed by atoms with Crippen LogP contribution in [0.25, 0.3) is 6.08 Å². The molecular formula is C30H33NO4S. The Kier molecular flexibility index (Phi) is 7.94. The number of hydrogen-bond donors (Lipinski definition) is 1. The molecule has 6 heteroatoms. The smallest absolute Gasteiger partial charge is 0.341 e. The molecular weight excluding hydrogens is 470 g/mol. The van der Waals surface area contributed by atoms with Crippen molar-refractivity contribution in [3.05, 3.63) is 87.8 Å². The van der Waals surface area contributed by atoms with Gasteiger partial charge in [-0.1, -0.05) is 63.2 Å². The summed E-state index contributed by atoms with van der Waals surface area (Å²) in [5, 5.41) is 3.49. The summed E-state index contributed by atoms with van der Waals surface area (Å²) >= 11 is 1.50. The molecule has 0 fully saturated rings. The minimum absolute atomic E-state index is 0.196. The lowest BCUT2D eigenvalue weighted by atomic mass is 9.72. The van der Waals surface area contributed by atoms with Crippen molar-refractivity contribution in [2.24, 2.45) is 11.3 Å². The number of nitrogens with one attached hydrogen (secondary N) is 1. The largest absolute Gasteiger partial charge is 0.489 e. The van der Waals surface area contributed by atoms with Crippen molar-refractivity contribution in [3.8, 4) is 5.75 Å². The molecule has 2 aromatic carbocycles. The monoisotopic (exact) mass is 503 g/mol. The van der Waals surface area contributed by atoms with Crippen LogP contribution in [0, 0.1) is 11.3 Å². The Morgan fingerprint density at radius 1 is 1.08 bits per heavy atom. The number of thiophene rings is 1. The SMILES string of the molecule is COC(=O)c1c(NC(=O)/C=C/c2ccc(OCc3ccccc3)cc2)sc2c1CCC(C(C)(C)C)C2. The molecule has 188 valence electrons. The van der Waals surface area contributed by atoms with Gasteiger partial charge >= 0.3 is 5.97 Å². The third kappa shape index (κ3) is 6.24. The van der Waals surface area contributed by atoms with Gasteiger partial charge in [0.05, 0.1) is 12.7 Å². The fourth-order valence-corrected chi connectivity index (χ4v) is 5.79. The van der Waals surface area contributed by atoms with E-state index in [1.54, 1.807) is 6.08 Å². The van der Waals surface area contributed by atoms with Crippen LogP contribution in [0.1, 0.15) is 59.1 Å². The second-order valence-corrected chi connectivity index (χ2v) is 11.3. The van der Waals surface area contributed by atoms with Gasteiger partial charge < -0.3 is 14.8 Å². The maximum Gasteiger partial charge on any atom is 0.341 e. The fraction of sp³-hybridized carbons (Fsp3) is 0.333. The molecule has 1 aromatic heterocycles. The molecule has 0 saturated heterocycles.